The van der Waals surface area contributed by atoms with E-state index >= 15 is 0 Å². The fourth-order valence-electron chi connectivity index (χ4n) is 5.72. The zero-order valence-electron chi connectivity index (χ0n) is 13.5. The standard InChI is InChI=1S/C18H28O3/c1-10(2)14-8-7-11(3)9-18(14)20-16-13-6-4-5-12(13)15(16)17(19)21-18/h10-16H,4-9H2,1-3H3/t11-,12+,13-,14+,15-,16+,18+/m1/s1. The fraction of sp³-hybridized carbons (Fsp3) is 0.944. The summed E-state index contributed by atoms with van der Waals surface area (Å²) >= 11 is 0. The van der Waals surface area contributed by atoms with E-state index in [4.69, 9.17) is 9.47 Å². The van der Waals surface area contributed by atoms with Crippen LogP contribution >= 0.6 is 0 Å². The molecule has 0 N–H and O–H groups in total. The second-order valence-corrected chi connectivity index (χ2v) is 8.34. The number of rotatable bonds is 1. The third kappa shape index (κ3) is 1.92. The van der Waals surface area contributed by atoms with Crippen LogP contribution in [0.3, 0.4) is 0 Å². The van der Waals surface area contributed by atoms with Gasteiger partial charge in [0.15, 0.2) is 0 Å². The highest BCUT2D eigenvalue weighted by atomic mass is 16.7. The molecule has 0 aromatic rings. The van der Waals surface area contributed by atoms with Crippen molar-refractivity contribution in [1.82, 2.24) is 0 Å². The Morgan fingerprint density at radius 1 is 1.14 bits per heavy atom. The van der Waals surface area contributed by atoms with Gasteiger partial charge in [-0.05, 0) is 49.4 Å². The lowest BCUT2D eigenvalue weighted by molar-refractivity contribution is -0.359. The lowest BCUT2D eigenvalue weighted by Gasteiger charge is -2.58. The Labute approximate surface area is 127 Å². The maximum absolute atomic E-state index is 12.6. The van der Waals surface area contributed by atoms with Crippen LogP contribution in [0.1, 0.15) is 59.3 Å². The molecule has 0 aromatic carbocycles. The molecule has 4 rings (SSSR count). The summed E-state index contributed by atoms with van der Waals surface area (Å²) in [5.74, 6) is 2.12. The van der Waals surface area contributed by atoms with E-state index in [1.54, 1.807) is 0 Å². The van der Waals surface area contributed by atoms with E-state index in [0.717, 1.165) is 12.8 Å². The molecule has 4 aliphatic rings. The number of fused-ring (bicyclic) bond motifs is 4. The van der Waals surface area contributed by atoms with Crippen LogP contribution in [0.2, 0.25) is 0 Å². The fourth-order valence-corrected chi connectivity index (χ4v) is 5.72. The molecule has 0 unspecified atom stereocenters. The van der Waals surface area contributed by atoms with Gasteiger partial charge in [0.1, 0.15) is 0 Å². The largest absolute Gasteiger partial charge is 0.432 e. The molecule has 1 heterocycles. The summed E-state index contributed by atoms with van der Waals surface area (Å²) in [4.78, 5) is 12.6. The molecule has 0 amide bonds. The first-order valence-corrected chi connectivity index (χ1v) is 8.92. The highest BCUT2D eigenvalue weighted by Crippen LogP contribution is 2.59. The Balaban J connectivity index is 1.63. The monoisotopic (exact) mass is 292 g/mol. The van der Waals surface area contributed by atoms with Crippen LogP contribution < -0.4 is 0 Å². The second-order valence-electron chi connectivity index (χ2n) is 8.34. The van der Waals surface area contributed by atoms with Gasteiger partial charge >= 0.3 is 5.97 Å². The molecular formula is C18H28O3. The van der Waals surface area contributed by atoms with E-state index in [-0.39, 0.29) is 18.0 Å². The molecule has 3 heteroatoms. The van der Waals surface area contributed by atoms with Crippen molar-refractivity contribution in [3.8, 4) is 0 Å². The van der Waals surface area contributed by atoms with Gasteiger partial charge in [-0.1, -0.05) is 27.2 Å². The summed E-state index contributed by atoms with van der Waals surface area (Å²) in [6.45, 7) is 6.75. The molecule has 0 bridgehead atoms. The van der Waals surface area contributed by atoms with E-state index in [9.17, 15) is 4.79 Å². The minimum Gasteiger partial charge on any atom is -0.432 e. The van der Waals surface area contributed by atoms with Gasteiger partial charge in [0.05, 0.1) is 12.0 Å². The SMILES string of the molecule is CC(C)[C@@H]1CC[C@@H](C)C[C@]12OC(=O)[C@@H]1[C@H]3CCC[C@H]3[C@@H]1O2. The highest BCUT2D eigenvalue weighted by molar-refractivity contribution is 5.76. The molecule has 0 radical (unpaired) electrons. The summed E-state index contributed by atoms with van der Waals surface area (Å²) in [6.07, 6.45) is 7.10. The van der Waals surface area contributed by atoms with Crippen LogP contribution in [0, 0.1) is 35.5 Å². The van der Waals surface area contributed by atoms with Gasteiger partial charge in [0.2, 0.25) is 5.79 Å². The number of carbonyl (C=O) groups excluding carboxylic acids is 1. The summed E-state index contributed by atoms with van der Waals surface area (Å²) in [5.41, 5.74) is 0. The van der Waals surface area contributed by atoms with Gasteiger partial charge in [-0.25, -0.2) is 0 Å². The van der Waals surface area contributed by atoms with Crippen molar-refractivity contribution in [2.24, 2.45) is 35.5 Å². The molecule has 3 saturated carbocycles. The van der Waals surface area contributed by atoms with Crippen LogP contribution in [-0.2, 0) is 14.3 Å². The molecule has 3 aliphatic carbocycles. The molecular weight excluding hydrogens is 264 g/mol. The third-order valence-electron chi connectivity index (χ3n) is 6.72. The molecule has 0 aromatic heterocycles. The normalized spacial score (nSPS) is 52.3. The van der Waals surface area contributed by atoms with Crippen molar-refractivity contribution in [2.45, 2.75) is 71.2 Å². The first-order valence-electron chi connectivity index (χ1n) is 8.92. The van der Waals surface area contributed by atoms with Gasteiger partial charge in [0.25, 0.3) is 0 Å². The first-order chi connectivity index (χ1) is 10.0. The molecule has 21 heavy (non-hydrogen) atoms. The van der Waals surface area contributed by atoms with Crippen LogP contribution in [0.5, 0.6) is 0 Å². The number of hydrogen-bond donors (Lipinski definition) is 0. The highest BCUT2D eigenvalue weighted by Gasteiger charge is 2.65. The molecule has 1 spiro atoms. The Bertz CT molecular complexity index is 446. The summed E-state index contributed by atoms with van der Waals surface area (Å²) in [6, 6.07) is 0. The summed E-state index contributed by atoms with van der Waals surface area (Å²) in [7, 11) is 0. The number of hydrogen-bond acceptors (Lipinski definition) is 3. The van der Waals surface area contributed by atoms with Crippen LogP contribution in [-0.4, -0.2) is 17.9 Å². The molecule has 3 nitrogen and oxygen atoms in total. The van der Waals surface area contributed by atoms with Gasteiger partial charge in [-0.15, -0.1) is 0 Å². The summed E-state index contributed by atoms with van der Waals surface area (Å²) < 4.78 is 12.6. The van der Waals surface area contributed by atoms with E-state index < -0.39 is 5.79 Å². The Morgan fingerprint density at radius 3 is 2.67 bits per heavy atom. The van der Waals surface area contributed by atoms with E-state index in [1.807, 2.05) is 0 Å². The van der Waals surface area contributed by atoms with Crippen molar-refractivity contribution >= 4 is 5.97 Å². The third-order valence-corrected chi connectivity index (χ3v) is 6.72. The average molecular weight is 292 g/mol. The Hall–Kier alpha value is -0.570. The molecule has 1 aliphatic heterocycles. The predicted octanol–water partition coefficient (Wildman–Crippen LogP) is 3.76. The maximum atomic E-state index is 12.6. The van der Waals surface area contributed by atoms with E-state index in [1.165, 1.54) is 25.7 Å². The van der Waals surface area contributed by atoms with Gasteiger partial charge in [-0.3, -0.25) is 4.79 Å². The minimum absolute atomic E-state index is 0.0492. The number of ether oxygens (including phenoxy) is 2. The molecule has 118 valence electrons. The molecule has 7 atom stereocenters. The van der Waals surface area contributed by atoms with E-state index in [2.05, 4.69) is 20.8 Å². The Morgan fingerprint density at radius 2 is 1.90 bits per heavy atom. The quantitative estimate of drug-likeness (QED) is 0.690. The zero-order chi connectivity index (χ0) is 14.8. The van der Waals surface area contributed by atoms with Gasteiger partial charge in [0, 0.05) is 12.3 Å². The van der Waals surface area contributed by atoms with Gasteiger partial charge in [-0.2, -0.15) is 0 Å². The topological polar surface area (TPSA) is 35.5 Å². The summed E-state index contributed by atoms with van der Waals surface area (Å²) in [5, 5.41) is 0. The van der Waals surface area contributed by atoms with E-state index in [0.29, 0.717) is 29.6 Å². The second kappa shape index (κ2) is 4.71. The number of esters is 1. The molecule has 4 fully saturated rings. The van der Waals surface area contributed by atoms with Crippen molar-refractivity contribution < 1.29 is 14.3 Å². The van der Waals surface area contributed by atoms with Crippen molar-refractivity contribution in [3.63, 3.8) is 0 Å². The van der Waals surface area contributed by atoms with Crippen molar-refractivity contribution in [3.05, 3.63) is 0 Å². The lowest BCUT2D eigenvalue weighted by atomic mass is 9.62. The van der Waals surface area contributed by atoms with Crippen LogP contribution in [0.25, 0.3) is 0 Å². The molecule has 1 saturated heterocycles. The minimum atomic E-state index is -0.613. The first kappa shape index (κ1) is 14.0. The zero-order valence-corrected chi connectivity index (χ0v) is 13.5. The van der Waals surface area contributed by atoms with Crippen molar-refractivity contribution in [2.75, 3.05) is 0 Å². The predicted molar refractivity (Wildman–Crippen MR) is 79.4 cm³/mol. The number of carbonyl (C=O) groups is 1. The van der Waals surface area contributed by atoms with Crippen LogP contribution in [0.4, 0.5) is 0 Å². The smallest absolute Gasteiger partial charge is 0.314 e. The lowest BCUT2D eigenvalue weighted by Crippen LogP contribution is -2.66. The maximum Gasteiger partial charge on any atom is 0.314 e. The average Bonchev–Trinajstić information content (AvgIpc) is 2.79. The van der Waals surface area contributed by atoms with Crippen LogP contribution in [0.15, 0.2) is 0 Å². The van der Waals surface area contributed by atoms with Crippen molar-refractivity contribution in [1.29, 1.82) is 0 Å². The Kier molecular flexibility index (Phi) is 3.15. The van der Waals surface area contributed by atoms with Gasteiger partial charge < -0.3 is 9.47 Å².